The van der Waals surface area contributed by atoms with Gasteiger partial charge in [0.2, 0.25) is 0 Å². The summed E-state index contributed by atoms with van der Waals surface area (Å²) < 4.78 is 27.5. The van der Waals surface area contributed by atoms with Crippen LogP contribution in [-0.4, -0.2) is 24.5 Å². The number of carbonyl (C=O) groups excluding carboxylic acids is 1. The molecule has 0 saturated carbocycles. The number of hydrogen-bond acceptors (Lipinski definition) is 4. The molecule has 0 saturated heterocycles. The van der Waals surface area contributed by atoms with E-state index >= 15 is 0 Å². The first-order valence-corrected chi connectivity index (χ1v) is 9.48. The summed E-state index contributed by atoms with van der Waals surface area (Å²) in [6, 6.07) is 12.8. The van der Waals surface area contributed by atoms with E-state index < -0.39 is 15.9 Å². The molecule has 7 nitrogen and oxygen atoms in total. The zero-order valence-corrected chi connectivity index (χ0v) is 15.4. The number of aromatic nitrogens is 2. The molecule has 1 heterocycles. The smallest absolute Gasteiger partial charge is 0.279 e. The maximum Gasteiger partial charge on any atom is 0.279 e. The van der Waals surface area contributed by atoms with E-state index in [2.05, 4.69) is 20.2 Å². The van der Waals surface area contributed by atoms with Gasteiger partial charge in [0.1, 0.15) is 0 Å². The molecule has 0 aliphatic rings. The Morgan fingerprint density at radius 2 is 1.65 bits per heavy atom. The van der Waals surface area contributed by atoms with Crippen LogP contribution in [0.25, 0.3) is 0 Å². The molecule has 0 spiro atoms. The molecular weight excluding hydrogens is 399 g/mol. The van der Waals surface area contributed by atoms with E-state index in [4.69, 9.17) is 23.2 Å². The lowest BCUT2D eigenvalue weighted by molar-refractivity contribution is 0.102. The van der Waals surface area contributed by atoms with Crippen molar-refractivity contribution in [3.63, 3.8) is 0 Å². The number of aromatic amines is 1. The Morgan fingerprint density at radius 1 is 1.00 bits per heavy atom. The molecule has 0 atom stereocenters. The summed E-state index contributed by atoms with van der Waals surface area (Å²) in [5.74, 6) is -0.675. The van der Waals surface area contributed by atoms with Crippen LogP contribution in [0.1, 0.15) is 10.4 Å². The van der Waals surface area contributed by atoms with Gasteiger partial charge in [-0.25, -0.2) is 0 Å². The van der Waals surface area contributed by atoms with Crippen LogP contribution >= 0.6 is 23.2 Å². The number of benzene rings is 2. The summed E-state index contributed by atoms with van der Waals surface area (Å²) in [7, 11) is -4.04. The first-order chi connectivity index (χ1) is 12.3. The molecule has 2 aromatic carbocycles. The van der Waals surface area contributed by atoms with Crippen molar-refractivity contribution in [2.45, 2.75) is 5.03 Å². The third-order valence-corrected chi connectivity index (χ3v) is 5.05. The average Bonchev–Trinajstić information content (AvgIpc) is 3.05. The van der Waals surface area contributed by atoms with Crippen molar-refractivity contribution in [1.29, 1.82) is 0 Å². The van der Waals surface area contributed by atoms with Gasteiger partial charge in [0.05, 0.1) is 11.8 Å². The number of nitrogens with zero attached hydrogens (tertiary/aromatic N) is 1. The number of rotatable bonds is 5. The van der Waals surface area contributed by atoms with Gasteiger partial charge in [-0.3, -0.25) is 14.6 Å². The second kappa shape index (κ2) is 7.36. The molecule has 1 amide bonds. The fraction of sp³-hybridized carbons (Fsp3) is 0. The lowest BCUT2D eigenvalue weighted by atomic mass is 10.3. The van der Waals surface area contributed by atoms with Gasteiger partial charge in [0.25, 0.3) is 15.9 Å². The number of hydrogen-bond donors (Lipinski definition) is 3. The summed E-state index contributed by atoms with van der Waals surface area (Å²) >= 11 is 11.8. The standard InChI is InChI=1S/C16H12Cl2N4O3S/c17-10-6-11(18)8-13(7-10)20-15(23)14-9-19-21-16(14)26(24,25)22-12-4-2-1-3-5-12/h1-9,22H,(H,19,21)(H,20,23). The number of halogens is 2. The van der Waals surface area contributed by atoms with Crippen molar-refractivity contribution < 1.29 is 13.2 Å². The maximum atomic E-state index is 12.5. The molecule has 134 valence electrons. The molecule has 0 aliphatic heterocycles. The lowest BCUT2D eigenvalue weighted by Crippen LogP contribution is -2.19. The van der Waals surface area contributed by atoms with Crippen molar-refractivity contribution in [2.24, 2.45) is 0 Å². The molecule has 3 rings (SSSR count). The van der Waals surface area contributed by atoms with Crippen molar-refractivity contribution in [2.75, 3.05) is 10.0 Å². The van der Waals surface area contributed by atoms with Crippen molar-refractivity contribution in [3.8, 4) is 0 Å². The highest BCUT2D eigenvalue weighted by Gasteiger charge is 2.25. The molecular formula is C16H12Cl2N4O3S. The van der Waals surface area contributed by atoms with Crippen LogP contribution in [0.15, 0.2) is 59.8 Å². The number of amides is 1. The molecule has 1 aromatic heterocycles. The highest BCUT2D eigenvalue weighted by Crippen LogP contribution is 2.24. The van der Waals surface area contributed by atoms with Gasteiger partial charge in [-0.05, 0) is 30.3 Å². The third kappa shape index (κ3) is 4.16. The van der Waals surface area contributed by atoms with Gasteiger partial charge in [-0.15, -0.1) is 0 Å². The molecule has 0 bridgehead atoms. The van der Waals surface area contributed by atoms with E-state index in [1.165, 1.54) is 18.2 Å². The quantitative estimate of drug-likeness (QED) is 0.595. The Kier molecular flexibility index (Phi) is 5.17. The minimum atomic E-state index is -4.04. The van der Waals surface area contributed by atoms with Crippen LogP contribution in [0.2, 0.25) is 10.0 Å². The predicted octanol–water partition coefficient (Wildman–Crippen LogP) is 3.77. The Hall–Kier alpha value is -2.55. The van der Waals surface area contributed by atoms with E-state index in [0.29, 0.717) is 21.4 Å². The molecule has 0 unspecified atom stereocenters. The van der Waals surface area contributed by atoms with E-state index in [1.807, 2.05) is 0 Å². The molecule has 10 heteroatoms. The second-order valence-electron chi connectivity index (χ2n) is 5.20. The van der Waals surface area contributed by atoms with Crippen LogP contribution < -0.4 is 10.0 Å². The number of H-pyrrole nitrogens is 1. The molecule has 3 N–H and O–H groups in total. The van der Waals surface area contributed by atoms with Crippen LogP contribution in [0.5, 0.6) is 0 Å². The maximum absolute atomic E-state index is 12.5. The van der Waals surface area contributed by atoms with Crippen molar-refractivity contribution >= 4 is 50.5 Å². The van der Waals surface area contributed by atoms with E-state index in [-0.39, 0.29) is 10.6 Å². The van der Waals surface area contributed by atoms with Gasteiger partial charge in [-0.1, -0.05) is 41.4 Å². The fourth-order valence-electron chi connectivity index (χ4n) is 2.18. The Bertz CT molecular complexity index is 1030. The Labute approximate surface area is 159 Å². The van der Waals surface area contributed by atoms with E-state index in [9.17, 15) is 13.2 Å². The monoisotopic (exact) mass is 410 g/mol. The Balaban J connectivity index is 1.86. The minimum absolute atomic E-state index is 0.149. The number of carbonyl (C=O) groups is 1. The fourth-order valence-corrected chi connectivity index (χ4v) is 3.86. The van der Waals surface area contributed by atoms with Crippen LogP contribution in [0.4, 0.5) is 11.4 Å². The summed E-state index contributed by atoms with van der Waals surface area (Å²) in [5.41, 5.74) is 0.535. The van der Waals surface area contributed by atoms with E-state index in [0.717, 1.165) is 6.20 Å². The lowest BCUT2D eigenvalue weighted by Gasteiger charge is -2.09. The van der Waals surface area contributed by atoms with Gasteiger partial charge < -0.3 is 5.32 Å². The summed E-state index contributed by atoms with van der Waals surface area (Å²) in [6.45, 7) is 0. The van der Waals surface area contributed by atoms with Gasteiger partial charge in [0, 0.05) is 21.4 Å². The number of para-hydroxylation sites is 1. The minimum Gasteiger partial charge on any atom is -0.322 e. The van der Waals surface area contributed by atoms with Gasteiger partial charge in [0.15, 0.2) is 5.03 Å². The molecule has 3 aromatic rings. The van der Waals surface area contributed by atoms with Crippen molar-refractivity contribution in [3.05, 3.63) is 70.3 Å². The molecule has 26 heavy (non-hydrogen) atoms. The SMILES string of the molecule is O=C(Nc1cc(Cl)cc(Cl)c1)c1cn[nH]c1S(=O)(=O)Nc1ccccc1. The summed E-state index contributed by atoms with van der Waals surface area (Å²) in [6.07, 6.45) is 1.13. The first kappa shape index (κ1) is 18.2. The topological polar surface area (TPSA) is 104 Å². The first-order valence-electron chi connectivity index (χ1n) is 7.24. The van der Waals surface area contributed by atoms with Crippen LogP contribution in [0.3, 0.4) is 0 Å². The number of anilines is 2. The van der Waals surface area contributed by atoms with Crippen molar-refractivity contribution in [1.82, 2.24) is 10.2 Å². The van der Waals surface area contributed by atoms with Crippen LogP contribution in [-0.2, 0) is 10.0 Å². The average molecular weight is 411 g/mol. The molecule has 0 radical (unpaired) electrons. The number of nitrogens with one attached hydrogen (secondary N) is 3. The highest BCUT2D eigenvalue weighted by atomic mass is 35.5. The van der Waals surface area contributed by atoms with Gasteiger partial charge >= 0.3 is 0 Å². The second-order valence-corrected chi connectivity index (χ2v) is 7.69. The zero-order chi connectivity index (χ0) is 18.7. The van der Waals surface area contributed by atoms with Gasteiger partial charge in [-0.2, -0.15) is 13.5 Å². The number of sulfonamides is 1. The highest BCUT2D eigenvalue weighted by molar-refractivity contribution is 7.92. The zero-order valence-electron chi connectivity index (χ0n) is 13.0. The third-order valence-electron chi connectivity index (χ3n) is 3.26. The normalized spacial score (nSPS) is 11.2. The van der Waals surface area contributed by atoms with Crippen LogP contribution in [0, 0.1) is 0 Å². The Morgan fingerprint density at radius 3 is 2.31 bits per heavy atom. The molecule has 0 aliphatic carbocycles. The largest absolute Gasteiger partial charge is 0.322 e. The summed E-state index contributed by atoms with van der Waals surface area (Å²) in [4.78, 5) is 12.5. The molecule has 0 fully saturated rings. The van der Waals surface area contributed by atoms with E-state index in [1.54, 1.807) is 30.3 Å². The summed E-state index contributed by atoms with van der Waals surface area (Å²) in [5, 5.41) is 8.86. The predicted molar refractivity (Wildman–Crippen MR) is 100 cm³/mol.